The molecule has 1 aliphatic rings. The van der Waals surface area contributed by atoms with Gasteiger partial charge in [0.25, 0.3) is 5.91 Å². The van der Waals surface area contributed by atoms with E-state index in [1.54, 1.807) is 11.3 Å². The third kappa shape index (κ3) is 3.64. The highest BCUT2D eigenvalue weighted by Crippen LogP contribution is 2.30. The average molecular weight is 343 g/mol. The van der Waals surface area contributed by atoms with Crippen LogP contribution in [0, 0.1) is 0 Å². The molecule has 0 saturated heterocycles. The first kappa shape index (κ1) is 17.0. The number of rotatable bonds is 5. The molecule has 1 heterocycles. The molecule has 0 unspecified atom stereocenters. The van der Waals surface area contributed by atoms with Crippen LogP contribution in [0.3, 0.4) is 0 Å². The minimum Gasteiger partial charge on any atom is -0.378 e. The summed E-state index contributed by atoms with van der Waals surface area (Å²) in [6, 6.07) is 10.6. The van der Waals surface area contributed by atoms with Gasteiger partial charge in [0.1, 0.15) is 0 Å². The number of fused-ring (bicyclic) bond motifs is 1. The predicted molar refractivity (Wildman–Crippen MR) is 102 cm³/mol. The first-order valence-electron chi connectivity index (χ1n) is 8.75. The van der Waals surface area contributed by atoms with Gasteiger partial charge in [0, 0.05) is 37.7 Å². The zero-order chi connectivity index (χ0) is 17.1. The van der Waals surface area contributed by atoms with E-state index in [1.807, 2.05) is 19.0 Å². The summed E-state index contributed by atoms with van der Waals surface area (Å²) < 4.78 is 0. The summed E-state index contributed by atoms with van der Waals surface area (Å²) in [7, 11) is 4.07. The molecule has 1 aromatic heterocycles. The summed E-state index contributed by atoms with van der Waals surface area (Å²) in [6.45, 7) is 3.46. The number of hydrogen-bond donors (Lipinski definition) is 0. The van der Waals surface area contributed by atoms with E-state index in [-0.39, 0.29) is 5.91 Å². The van der Waals surface area contributed by atoms with Gasteiger partial charge in [0.2, 0.25) is 0 Å². The van der Waals surface area contributed by atoms with Gasteiger partial charge < -0.3 is 9.80 Å². The number of hydrogen-bond acceptors (Lipinski definition) is 3. The molecule has 0 N–H and O–H groups in total. The van der Waals surface area contributed by atoms with Crippen molar-refractivity contribution in [2.45, 2.75) is 39.2 Å². The van der Waals surface area contributed by atoms with Crippen molar-refractivity contribution in [3.63, 3.8) is 0 Å². The van der Waals surface area contributed by atoms with E-state index >= 15 is 0 Å². The van der Waals surface area contributed by atoms with Crippen molar-refractivity contribution >= 4 is 22.9 Å². The topological polar surface area (TPSA) is 23.6 Å². The summed E-state index contributed by atoms with van der Waals surface area (Å²) >= 11 is 1.71. The lowest BCUT2D eigenvalue weighted by atomic mass is 9.99. The maximum atomic E-state index is 12.9. The fourth-order valence-electron chi connectivity index (χ4n) is 3.20. The lowest BCUT2D eigenvalue weighted by molar-refractivity contribution is 0.0757. The van der Waals surface area contributed by atoms with Crippen LogP contribution in [-0.4, -0.2) is 31.4 Å². The molecule has 3 nitrogen and oxygen atoms in total. The van der Waals surface area contributed by atoms with Gasteiger partial charge in [-0.2, -0.15) is 0 Å². The molecular formula is C20H26N2OS. The summed E-state index contributed by atoms with van der Waals surface area (Å²) in [6.07, 6.45) is 4.80. The Bertz CT molecular complexity index is 679. The van der Waals surface area contributed by atoms with Crippen molar-refractivity contribution in [1.29, 1.82) is 0 Å². The zero-order valence-electron chi connectivity index (χ0n) is 14.8. The molecule has 128 valence electrons. The number of carbonyl (C=O) groups is 1. The summed E-state index contributed by atoms with van der Waals surface area (Å²) in [5.74, 6) is 0.175. The third-order valence-corrected chi connectivity index (χ3v) is 5.93. The Morgan fingerprint density at radius 2 is 1.83 bits per heavy atom. The van der Waals surface area contributed by atoms with Crippen LogP contribution in [-0.2, 0) is 19.4 Å². The maximum Gasteiger partial charge on any atom is 0.264 e. The standard InChI is InChI=1S/C20H26N2OS/c1-4-22(14-15-9-11-17(12-10-15)21(2)3)20(23)19-13-16-7-5-6-8-18(16)24-19/h9-13H,4-8,14H2,1-3H3. The Hall–Kier alpha value is -1.81. The van der Waals surface area contributed by atoms with Crippen molar-refractivity contribution in [3.8, 4) is 0 Å². The quantitative estimate of drug-likeness (QED) is 0.806. The molecule has 0 fully saturated rings. The first-order valence-corrected chi connectivity index (χ1v) is 9.57. The molecule has 0 spiro atoms. The Morgan fingerprint density at radius 3 is 2.46 bits per heavy atom. The number of thiophene rings is 1. The van der Waals surface area contributed by atoms with Crippen LogP contribution in [0.5, 0.6) is 0 Å². The third-order valence-electron chi connectivity index (χ3n) is 4.70. The SMILES string of the molecule is CCN(Cc1ccc(N(C)C)cc1)C(=O)c1cc2c(s1)CCCC2. The monoisotopic (exact) mass is 342 g/mol. The zero-order valence-corrected chi connectivity index (χ0v) is 15.7. The van der Waals surface area contributed by atoms with E-state index in [2.05, 4.69) is 42.2 Å². The van der Waals surface area contributed by atoms with E-state index < -0.39 is 0 Å². The number of nitrogens with zero attached hydrogens (tertiary/aromatic N) is 2. The van der Waals surface area contributed by atoms with Gasteiger partial charge >= 0.3 is 0 Å². The Kier molecular flexibility index (Phi) is 5.24. The molecule has 2 aromatic rings. The molecule has 0 bridgehead atoms. The summed E-state index contributed by atoms with van der Waals surface area (Å²) in [4.78, 5) is 19.3. The van der Waals surface area contributed by atoms with Crippen LogP contribution in [0.4, 0.5) is 5.69 Å². The molecule has 24 heavy (non-hydrogen) atoms. The van der Waals surface area contributed by atoms with E-state index in [9.17, 15) is 4.79 Å². The summed E-state index contributed by atoms with van der Waals surface area (Å²) in [5.41, 5.74) is 3.76. The molecule has 0 atom stereocenters. The number of carbonyl (C=O) groups excluding carboxylic acids is 1. The highest BCUT2D eigenvalue weighted by molar-refractivity contribution is 7.14. The smallest absolute Gasteiger partial charge is 0.264 e. The van der Waals surface area contributed by atoms with Crippen molar-refractivity contribution in [2.75, 3.05) is 25.5 Å². The van der Waals surface area contributed by atoms with Crippen molar-refractivity contribution in [1.82, 2.24) is 4.90 Å². The van der Waals surface area contributed by atoms with Crippen LogP contribution < -0.4 is 4.90 Å². The second-order valence-corrected chi connectivity index (χ2v) is 7.78. The van der Waals surface area contributed by atoms with E-state index in [1.165, 1.54) is 34.5 Å². The number of amides is 1. The van der Waals surface area contributed by atoms with Crippen molar-refractivity contribution in [3.05, 3.63) is 51.2 Å². The van der Waals surface area contributed by atoms with Gasteiger partial charge in [-0.15, -0.1) is 11.3 Å². The fraction of sp³-hybridized carbons (Fsp3) is 0.450. The molecule has 0 saturated carbocycles. The normalized spacial score (nSPS) is 13.5. The molecule has 0 radical (unpaired) electrons. The van der Waals surface area contributed by atoms with Crippen LogP contribution in [0.15, 0.2) is 30.3 Å². The fourth-order valence-corrected chi connectivity index (χ4v) is 4.42. The molecular weight excluding hydrogens is 316 g/mol. The molecule has 1 amide bonds. The largest absolute Gasteiger partial charge is 0.378 e. The van der Waals surface area contributed by atoms with E-state index in [0.29, 0.717) is 6.54 Å². The van der Waals surface area contributed by atoms with Crippen molar-refractivity contribution in [2.24, 2.45) is 0 Å². The van der Waals surface area contributed by atoms with Gasteiger partial charge in [-0.3, -0.25) is 4.79 Å². The average Bonchev–Trinajstić information content (AvgIpc) is 3.03. The number of anilines is 1. The number of benzene rings is 1. The van der Waals surface area contributed by atoms with Crippen LogP contribution in [0.1, 0.15) is 45.4 Å². The first-order chi connectivity index (χ1) is 11.6. The second-order valence-electron chi connectivity index (χ2n) is 6.65. The highest BCUT2D eigenvalue weighted by atomic mass is 32.1. The highest BCUT2D eigenvalue weighted by Gasteiger charge is 2.21. The van der Waals surface area contributed by atoms with Gasteiger partial charge in [-0.1, -0.05) is 12.1 Å². The Balaban J connectivity index is 1.73. The maximum absolute atomic E-state index is 12.9. The molecule has 1 aliphatic carbocycles. The lowest BCUT2D eigenvalue weighted by Crippen LogP contribution is -2.29. The van der Waals surface area contributed by atoms with Gasteiger partial charge in [-0.05, 0) is 61.9 Å². The molecule has 3 rings (SSSR count). The molecule has 1 aromatic carbocycles. The predicted octanol–water partition coefficient (Wildman–Crippen LogP) is 4.36. The van der Waals surface area contributed by atoms with Crippen LogP contribution >= 0.6 is 11.3 Å². The lowest BCUT2D eigenvalue weighted by Gasteiger charge is -2.21. The van der Waals surface area contributed by atoms with Crippen LogP contribution in [0.2, 0.25) is 0 Å². The minimum absolute atomic E-state index is 0.175. The number of aryl methyl sites for hydroxylation is 2. The minimum atomic E-state index is 0.175. The summed E-state index contributed by atoms with van der Waals surface area (Å²) in [5, 5.41) is 0. The Morgan fingerprint density at radius 1 is 1.12 bits per heavy atom. The van der Waals surface area contributed by atoms with E-state index in [0.717, 1.165) is 24.3 Å². The van der Waals surface area contributed by atoms with Gasteiger partial charge in [-0.25, -0.2) is 0 Å². The second kappa shape index (κ2) is 7.39. The molecule has 4 heteroatoms. The Labute approximate surface area is 148 Å². The van der Waals surface area contributed by atoms with Crippen LogP contribution in [0.25, 0.3) is 0 Å². The van der Waals surface area contributed by atoms with Gasteiger partial charge in [0.15, 0.2) is 0 Å². The molecule has 0 aliphatic heterocycles. The van der Waals surface area contributed by atoms with Gasteiger partial charge in [0.05, 0.1) is 4.88 Å². The van der Waals surface area contributed by atoms with Crippen molar-refractivity contribution < 1.29 is 4.79 Å². The van der Waals surface area contributed by atoms with E-state index in [4.69, 9.17) is 0 Å².